The van der Waals surface area contributed by atoms with Crippen molar-refractivity contribution in [3.05, 3.63) is 30.1 Å². The summed E-state index contributed by atoms with van der Waals surface area (Å²) in [6, 6.07) is 6.36. The van der Waals surface area contributed by atoms with Crippen molar-refractivity contribution in [3.63, 3.8) is 0 Å². The van der Waals surface area contributed by atoms with Gasteiger partial charge in [0.05, 0.1) is 11.7 Å². The number of carbonyl (C=O) groups is 1. The minimum absolute atomic E-state index is 0.0191. The molecule has 3 unspecified atom stereocenters. The first-order valence-electron chi connectivity index (χ1n) is 5.51. The first kappa shape index (κ1) is 9.78. The van der Waals surface area contributed by atoms with E-state index in [9.17, 15) is 9.18 Å². The van der Waals surface area contributed by atoms with Gasteiger partial charge in [-0.25, -0.2) is 4.39 Å². The maximum atomic E-state index is 13.6. The summed E-state index contributed by atoms with van der Waals surface area (Å²) in [5.41, 5.74) is 6.05. The normalized spacial score (nSPS) is 31.8. The number of hydrogen-bond donors (Lipinski definition) is 1. The van der Waals surface area contributed by atoms with Crippen LogP contribution in [0, 0.1) is 17.7 Å². The molecule has 0 aromatic heterocycles. The molecule has 3 rings (SSSR count). The molecule has 2 fully saturated rings. The van der Waals surface area contributed by atoms with Crippen LogP contribution in [0.2, 0.25) is 0 Å². The summed E-state index contributed by atoms with van der Waals surface area (Å²) in [7, 11) is 0. The third kappa shape index (κ3) is 1.19. The van der Waals surface area contributed by atoms with E-state index in [0.29, 0.717) is 18.2 Å². The van der Waals surface area contributed by atoms with Gasteiger partial charge in [-0.3, -0.25) is 4.79 Å². The zero-order chi connectivity index (χ0) is 11.3. The van der Waals surface area contributed by atoms with Crippen LogP contribution in [0.15, 0.2) is 24.3 Å². The SMILES string of the molecule is NCC1C2CC2C(=O)N1c1ccccc1F. The van der Waals surface area contributed by atoms with Gasteiger partial charge < -0.3 is 10.6 Å². The van der Waals surface area contributed by atoms with Crippen molar-refractivity contribution < 1.29 is 9.18 Å². The molecule has 1 saturated carbocycles. The van der Waals surface area contributed by atoms with Crippen LogP contribution < -0.4 is 10.6 Å². The van der Waals surface area contributed by atoms with E-state index in [0.717, 1.165) is 6.42 Å². The summed E-state index contributed by atoms with van der Waals surface area (Å²) in [6.07, 6.45) is 0.922. The maximum absolute atomic E-state index is 13.6. The molecule has 2 N–H and O–H groups in total. The van der Waals surface area contributed by atoms with Gasteiger partial charge in [0.2, 0.25) is 5.91 Å². The molecule has 3 nitrogen and oxygen atoms in total. The average Bonchev–Trinajstić information content (AvgIpc) is 3.01. The highest BCUT2D eigenvalue weighted by atomic mass is 19.1. The molecule has 1 aromatic carbocycles. The topological polar surface area (TPSA) is 46.3 Å². The number of para-hydroxylation sites is 1. The number of benzene rings is 1. The van der Waals surface area contributed by atoms with Gasteiger partial charge >= 0.3 is 0 Å². The molecule has 1 amide bonds. The van der Waals surface area contributed by atoms with Crippen molar-refractivity contribution in [2.24, 2.45) is 17.6 Å². The fraction of sp³-hybridized carbons (Fsp3) is 0.417. The molecule has 1 aliphatic carbocycles. The minimum atomic E-state index is -0.351. The third-order valence-corrected chi connectivity index (χ3v) is 3.57. The number of nitrogens with two attached hydrogens (primary N) is 1. The number of fused-ring (bicyclic) bond motifs is 1. The van der Waals surface area contributed by atoms with E-state index in [1.165, 1.54) is 6.07 Å². The van der Waals surface area contributed by atoms with Gasteiger partial charge in [0.1, 0.15) is 5.82 Å². The van der Waals surface area contributed by atoms with Crippen LogP contribution in [0.25, 0.3) is 0 Å². The largest absolute Gasteiger partial charge is 0.328 e. The highest BCUT2D eigenvalue weighted by Gasteiger charge is 2.58. The zero-order valence-electron chi connectivity index (χ0n) is 8.77. The highest BCUT2D eigenvalue weighted by Crippen LogP contribution is 2.51. The van der Waals surface area contributed by atoms with Crippen LogP contribution in [0.3, 0.4) is 0 Å². The van der Waals surface area contributed by atoms with Gasteiger partial charge in [-0.2, -0.15) is 0 Å². The predicted molar refractivity (Wildman–Crippen MR) is 58.3 cm³/mol. The molecule has 84 valence electrons. The molecule has 2 aliphatic rings. The van der Waals surface area contributed by atoms with Crippen molar-refractivity contribution in [2.75, 3.05) is 11.4 Å². The highest BCUT2D eigenvalue weighted by molar-refractivity contribution is 6.00. The number of amides is 1. The van der Waals surface area contributed by atoms with E-state index < -0.39 is 0 Å². The zero-order valence-corrected chi connectivity index (χ0v) is 8.77. The number of carbonyl (C=O) groups excluding carboxylic acids is 1. The first-order chi connectivity index (χ1) is 7.74. The quantitative estimate of drug-likeness (QED) is 0.812. The second-order valence-electron chi connectivity index (χ2n) is 4.47. The molecule has 4 heteroatoms. The van der Waals surface area contributed by atoms with E-state index >= 15 is 0 Å². The molecule has 1 aliphatic heterocycles. The van der Waals surface area contributed by atoms with Gasteiger partial charge in [0, 0.05) is 12.5 Å². The Morgan fingerprint density at radius 2 is 2.19 bits per heavy atom. The van der Waals surface area contributed by atoms with Gasteiger partial charge in [0.25, 0.3) is 0 Å². The fourth-order valence-electron chi connectivity index (χ4n) is 2.68. The molecule has 16 heavy (non-hydrogen) atoms. The summed E-state index contributed by atoms with van der Waals surface area (Å²) in [4.78, 5) is 13.5. The van der Waals surface area contributed by atoms with Crippen molar-refractivity contribution in [3.8, 4) is 0 Å². The number of nitrogens with zero attached hydrogens (tertiary/aromatic N) is 1. The summed E-state index contributed by atoms with van der Waals surface area (Å²) in [5.74, 6) is 0.117. The van der Waals surface area contributed by atoms with E-state index in [4.69, 9.17) is 5.73 Å². The maximum Gasteiger partial charge on any atom is 0.230 e. The number of piperidine rings is 1. The van der Waals surface area contributed by atoms with Crippen molar-refractivity contribution in [2.45, 2.75) is 12.5 Å². The summed E-state index contributed by atoms with van der Waals surface area (Å²) in [6.45, 7) is 0.404. The van der Waals surface area contributed by atoms with Gasteiger partial charge in [-0.1, -0.05) is 12.1 Å². The Hall–Kier alpha value is -1.42. The second kappa shape index (κ2) is 3.28. The molecular formula is C12H13FN2O. The second-order valence-corrected chi connectivity index (χ2v) is 4.47. The molecule has 1 heterocycles. The first-order valence-corrected chi connectivity index (χ1v) is 5.51. The Kier molecular flexibility index (Phi) is 2.01. The molecular weight excluding hydrogens is 207 g/mol. The number of rotatable bonds is 2. The van der Waals surface area contributed by atoms with Crippen LogP contribution >= 0.6 is 0 Å². The third-order valence-electron chi connectivity index (χ3n) is 3.57. The van der Waals surface area contributed by atoms with E-state index in [1.54, 1.807) is 23.1 Å². The van der Waals surface area contributed by atoms with Crippen LogP contribution in [0.1, 0.15) is 6.42 Å². The monoisotopic (exact) mass is 220 g/mol. The molecule has 0 bridgehead atoms. The Morgan fingerprint density at radius 3 is 2.88 bits per heavy atom. The minimum Gasteiger partial charge on any atom is -0.328 e. The molecule has 1 saturated heterocycles. The number of halogens is 1. The van der Waals surface area contributed by atoms with Gasteiger partial charge in [-0.05, 0) is 24.5 Å². The van der Waals surface area contributed by atoms with Gasteiger partial charge in [0.15, 0.2) is 0 Å². The van der Waals surface area contributed by atoms with Crippen LogP contribution in [0.4, 0.5) is 10.1 Å². The standard InChI is InChI=1S/C12H13FN2O/c13-9-3-1-2-4-10(9)15-11(6-14)7-5-8(7)12(15)16/h1-4,7-8,11H,5-6,14H2. The summed E-state index contributed by atoms with van der Waals surface area (Å²) < 4.78 is 13.6. The summed E-state index contributed by atoms with van der Waals surface area (Å²) in [5, 5.41) is 0. The lowest BCUT2D eigenvalue weighted by molar-refractivity contribution is -0.118. The molecule has 0 spiro atoms. The van der Waals surface area contributed by atoms with Gasteiger partial charge in [-0.15, -0.1) is 0 Å². The van der Waals surface area contributed by atoms with E-state index in [2.05, 4.69) is 0 Å². The van der Waals surface area contributed by atoms with Crippen LogP contribution in [0.5, 0.6) is 0 Å². The van der Waals surface area contributed by atoms with Crippen molar-refractivity contribution in [1.82, 2.24) is 0 Å². The molecule has 1 aromatic rings. The number of hydrogen-bond acceptors (Lipinski definition) is 2. The van der Waals surface area contributed by atoms with Crippen molar-refractivity contribution >= 4 is 11.6 Å². The Bertz CT molecular complexity index is 448. The smallest absolute Gasteiger partial charge is 0.230 e. The Labute approximate surface area is 93.0 Å². The predicted octanol–water partition coefficient (Wildman–Crippen LogP) is 1.14. The summed E-state index contributed by atoms with van der Waals surface area (Å²) >= 11 is 0. The van der Waals surface area contributed by atoms with Crippen LogP contribution in [-0.4, -0.2) is 18.5 Å². The fourth-order valence-corrected chi connectivity index (χ4v) is 2.68. The number of anilines is 1. The average molecular weight is 220 g/mol. The van der Waals surface area contributed by atoms with E-state index in [1.807, 2.05) is 0 Å². The van der Waals surface area contributed by atoms with Crippen molar-refractivity contribution in [1.29, 1.82) is 0 Å². The lowest BCUT2D eigenvalue weighted by Gasteiger charge is -2.26. The molecule has 3 atom stereocenters. The van der Waals surface area contributed by atoms with Crippen LogP contribution in [-0.2, 0) is 4.79 Å². The Morgan fingerprint density at radius 1 is 1.44 bits per heavy atom. The Balaban J connectivity index is 2.00. The lowest BCUT2D eigenvalue weighted by atomic mass is 10.1. The van der Waals surface area contributed by atoms with E-state index in [-0.39, 0.29) is 23.7 Å². The lowest BCUT2D eigenvalue weighted by Crippen LogP contribution is -2.42. The molecule has 0 radical (unpaired) electrons.